The Balaban J connectivity index is 2.43. The van der Waals surface area contributed by atoms with Gasteiger partial charge in [-0.25, -0.2) is 0 Å². The van der Waals surface area contributed by atoms with Crippen molar-refractivity contribution >= 4 is 0 Å². The molecule has 1 N–H and O–H groups in total. The highest BCUT2D eigenvalue weighted by atomic mass is 19.4. The van der Waals surface area contributed by atoms with Crippen LogP contribution in [0.15, 0.2) is 0 Å². The molecule has 0 radical (unpaired) electrons. The molecule has 20 heavy (non-hydrogen) atoms. The molecule has 0 spiro atoms. The van der Waals surface area contributed by atoms with Gasteiger partial charge in [0.2, 0.25) is 6.10 Å². The van der Waals surface area contributed by atoms with E-state index >= 15 is 0 Å². The van der Waals surface area contributed by atoms with E-state index in [2.05, 4.69) is 10.1 Å². The highest BCUT2D eigenvalue weighted by Gasteiger charge is 2.58. The Bertz CT molecular complexity index is 271. The zero-order valence-corrected chi connectivity index (χ0v) is 11.2. The molecule has 0 aromatic rings. The Hall–Kier alpha value is -0.500. The molecule has 1 rings (SSSR count). The molecule has 1 saturated carbocycles. The van der Waals surface area contributed by atoms with E-state index in [9.17, 15) is 26.3 Å². The van der Waals surface area contributed by atoms with Gasteiger partial charge in [0.05, 0.1) is 6.10 Å². The van der Waals surface area contributed by atoms with Gasteiger partial charge in [0.25, 0.3) is 0 Å². The molecular formula is C12H19F6NO. The van der Waals surface area contributed by atoms with E-state index in [1.165, 1.54) is 6.92 Å². The van der Waals surface area contributed by atoms with Crippen molar-refractivity contribution in [2.45, 2.75) is 69.6 Å². The van der Waals surface area contributed by atoms with Crippen molar-refractivity contribution in [3.05, 3.63) is 0 Å². The van der Waals surface area contributed by atoms with Crippen LogP contribution >= 0.6 is 0 Å². The first-order chi connectivity index (χ1) is 9.10. The zero-order valence-electron chi connectivity index (χ0n) is 11.2. The molecule has 0 aromatic heterocycles. The summed E-state index contributed by atoms with van der Waals surface area (Å²) in [6.07, 6.45) is -10.8. The van der Waals surface area contributed by atoms with Crippen LogP contribution in [-0.4, -0.2) is 37.1 Å². The maximum Gasteiger partial charge on any atom is 0.423 e. The number of ether oxygens (including phenoxy) is 1. The van der Waals surface area contributed by atoms with E-state index in [-0.39, 0.29) is 12.6 Å². The predicted octanol–water partition coefficient (Wildman–Crippen LogP) is 3.81. The fraction of sp³-hybridized carbons (Fsp3) is 1.00. The van der Waals surface area contributed by atoms with Gasteiger partial charge in [-0.15, -0.1) is 0 Å². The summed E-state index contributed by atoms with van der Waals surface area (Å²) in [7, 11) is 0. The molecule has 1 unspecified atom stereocenters. The second-order valence-electron chi connectivity index (χ2n) is 5.15. The average molecular weight is 307 g/mol. The van der Waals surface area contributed by atoms with Crippen LogP contribution in [0.25, 0.3) is 0 Å². The number of halogens is 6. The van der Waals surface area contributed by atoms with Gasteiger partial charge in [0.1, 0.15) is 0 Å². The van der Waals surface area contributed by atoms with E-state index < -0.39 is 24.6 Å². The van der Waals surface area contributed by atoms with Crippen LogP contribution < -0.4 is 5.32 Å². The summed E-state index contributed by atoms with van der Waals surface area (Å²) in [6, 6.07) is 0.157. The summed E-state index contributed by atoms with van der Waals surface area (Å²) in [6.45, 7) is 1.19. The minimum Gasteiger partial charge on any atom is -0.357 e. The molecule has 0 saturated heterocycles. The monoisotopic (exact) mass is 307 g/mol. The first-order valence-electron chi connectivity index (χ1n) is 6.63. The number of hydrogen-bond acceptors (Lipinski definition) is 2. The van der Waals surface area contributed by atoms with Crippen LogP contribution in [0.5, 0.6) is 0 Å². The minimum atomic E-state index is -5.45. The van der Waals surface area contributed by atoms with Crippen LogP contribution in [-0.2, 0) is 4.74 Å². The maximum atomic E-state index is 12.3. The second kappa shape index (κ2) is 6.98. The highest BCUT2D eigenvalue weighted by molar-refractivity contribution is 4.79. The number of alkyl halides is 6. The molecule has 120 valence electrons. The van der Waals surface area contributed by atoms with Gasteiger partial charge in [0.15, 0.2) is 0 Å². The molecule has 0 bridgehead atoms. The third-order valence-corrected chi connectivity index (χ3v) is 3.26. The standard InChI is InChI=1S/C12H19F6NO/c1-8(7-19-9-5-3-2-4-6-9)20-10(11(13,14)15)12(16,17)18/h8-10,19H,2-7H2,1H3. The fourth-order valence-corrected chi connectivity index (χ4v) is 2.26. The molecule has 0 amide bonds. The van der Waals surface area contributed by atoms with Crippen molar-refractivity contribution in [2.75, 3.05) is 6.54 Å². The summed E-state index contributed by atoms with van der Waals surface area (Å²) in [5.74, 6) is 0. The van der Waals surface area contributed by atoms with Gasteiger partial charge in [-0.1, -0.05) is 19.3 Å². The number of hydrogen-bond donors (Lipinski definition) is 1. The maximum absolute atomic E-state index is 12.3. The Kier molecular flexibility index (Phi) is 6.12. The van der Waals surface area contributed by atoms with E-state index in [1.807, 2.05) is 0 Å². The Morgan fingerprint density at radius 3 is 1.95 bits per heavy atom. The van der Waals surface area contributed by atoms with Crippen molar-refractivity contribution < 1.29 is 31.1 Å². The molecule has 0 aromatic carbocycles. The molecule has 1 aliphatic rings. The third-order valence-electron chi connectivity index (χ3n) is 3.26. The largest absolute Gasteiger partial charge is 0.423 e. The van der Waals surface area contributed by atoms with Crippen LogP contribution in [0.3, 0.4) is 0 Å². The van der Waals surface area contributed by atoms with Gasteiger partial charge < -0.3 is 10.1 Å². The molecule has 1 atom stereocenters. The summed E-state index contributed by atoms with van der Waals surface area (Å²) in [5, 5.41) is 2.97. The van der Waals surface area contributed by atoms with Crippen molar-refractivity contribution in [3.8, 4) is 0 Å². The van der Waals surface area contributed by atoms with E-state index in [4.69, 9.17) is 0 Å². The van der Waals surface area contributed by atoms with Crippen LogP contribution in [0.1, 0.15) is 39.0 Å². The molecule has 1 fully saturated rings. The fourth-order valence-electron chi connectivity index (χ4n) is 2.26. The van der Waals surface area contributed by atoms with E-state index in [0.717, 1.165) is 32.1 Å². The highest BCUT2D eigenvalue weighted by Crippen LogP contribution is 2.36. The van der Waals surface area contributed by atoms with E-state index in [0.29, 0.717) is 0 Å². The lowest BCUT2D eigenvalue weighted by Crippen LogP contribution is -2.48. The van der Waals surface area contributed by atoms with Crippen LogP contribution in [0, 0.1) is 0 Å². The lowest BCUT2D eigenvalue weighted by atomic mass is 9.95. The van der Waals surface area contributed by atoms with Gasteiger partial charge >= 0.3 is 12.4 Å². The topological polar surface area (TPSA) is 21.3 Å². The molecule has 0 heterocycles. The number of rotatable bonds is 5. The van der Waals surface area contributed by atoms with E-state index in [1.54, 1.807) is 0 Å². The van der Waals surface area contributed by atoms with Gasteiger partial charge in [-0.05, 0) is 19.8 Å². The minimum absolute atomic E-state index is 0.0205. The normalized spacial score (nSPS) is 20.4. The van der Waals surface area contributed by atoms with Gasteiger partial charge in [-0.3, -0.25) is 0 Å². The predicted molar refractivity (Wildman–Crippen MR) is 61.3 cm³/mol. The summed E-state index contributed by atoms with van der Waals surface area (Å²) >= 11 is 0. The summed E-state index contributed by atoms with van der Waals surface area (Å²) in [4.78, 5) is 0. The first-order valence-corrected chi connectivity index (χ1v) is 6.63. The van der Waals surface area contributed by atoms with Crippen molar-refractivity contribution in [2.24, 2.45) is 0 Å². The molecule has 1 aliphatic carbocycles. The molecule has 8 heteroatoms. The SMILES string of the molecule is CC(CNC1CCCCC1)OC(C(F)(F)F)C(F)(F)F. The quantitative estimate of drug-likeness (QED) is 0.780. The smallest absolute Gasteiger partial charge is 0.357 e. The number of nitrogens with one attached hydrogen (secondary N) is 1. The Morgan fingerprint density at radius 2 is 1.50 bits per heavy atom. The molecular weight excluding hydrogens is 288 g/mol. The van der Waals surface area contributed by atoms with Crippen LogP contribution in [0.4, 0.5) is 26.3 Å². The van der Waals surface area contributed by atoms with Crippen molar-refractivity contribution in [1.29, 1.82) is 0 Å². The van der Waals surface area contributed by atoms with Crippen LogP contribution in [0.2, 0.25) is 0 Å². The van der Waals surface area contributed by atoms with Crippen molar-refractivity contribution in [1.82, 2.24) is 5.32 Å². The zero-order chi connectivity index (χ0) is 15.4. The van der Waals surface area contributed by atoms with Gasteiger partial charge in [-0.2, -0.15) is 26.3 Å². The Morgan fingerprint density at radius 1 is 1.00 bits per heavy atom. The Labute approximate surface area is 113 Å². The third kappa shape index (κ3) is 5.87. The van der Waals surface area contributed by atoms with Gasteiger partial charge in [0, 0.05) is 12.6 Å². The lowest BCUT2D eigenvalue weighted by Gasteiger charge is -2.28. The molecule has 0 aliphatic heterocycles. The average Bonchev–Trinajstić information content (AvgIpc) is 2.32. The summed E-state index contributed by atoms with van der Waals surface area (Å²) in [5.41, 5.74) is 0. The molecule has 2 nitrogen and oxygen atoms in total. The van der Waals surface area contributed by atoms with Crippen molar-refractivity contribution in [3.63, 3.8) is 0 Å². The first kappa shape index (κ1) is 17.6. The second-order valence-corrected chi connectivity index (χ2v) is 5.15. The summed E-state index contributed by atoms with van der Waals surface area (Å²) < 4.78 is 78.0. The lowest BCUT2D eigenvalue weighted by molar-refractivity contribution is -0.329.